The molecule has 6 nitrogen and oxygen atoms in total. The van der Waals surface area contributed by atoms with Gasteiger partial charge in [-0.15, -0.1) is 0 Å². The summed E-state index contributed by atoms with van der Waals surface area (Å²) in [5, 5.41) is 0. The first-order valence-electron chi connectivity index (χ1n) is 9.34. The van der Waals surface area contributed by atoms with Crippen molar-refractivity contribution in [3.63, 3.8) is 0 Å². The smallest absolute Gasteiger partial charge is 0.320 e. The number of nitrogens with zero attached hydrogens (tertiary/aromatic N) is 3. The topological polar surface area (TPSA) is 45.3 Å². The van der Waals surface area contributed by atoms with Crippen LogP contribution in [0.3, 0.4) is 0 Å². The van der Waals surface area contributed by atoms with Crippen LogP contribution in [0.15, 0.2) is 18.2 Å². The van der Waals surface area contributed by atoms with Gasteiger partial charge in [0.15, 0.2) is 11.5 Å². The van der Waals surface area contributed by atoms with E-state index in [1.54, 1.807) is 0 Å². The molecule has 1 atom stereocenters. The van der Waals surface area contributed by atoms with Gasteiger partial charge in [0.2, 0.25) is 6.79 Å². The van der Waals surface area contributed by atoms with Gasteiger partial charge in [-0.3, -0.25) is 4.90 Å². The molecular formula is C19H27N3O3. The van der Waals surface area contributed by atoms with Crippen molar-refractivity contribution in [1.29, 1.82) is 0 Å². The molecule has 3 aliphatic heterocycles. The minimum atomic E-state index is 0.231. The maximum absolute atomic E-state index is 12.7. The van der Waals surface area contributed by atoms with Crippen LogP contribution < -0.4 is 9.47 Å². The molecule has 0 N–H and O–H groups in total. The van der Waals surface area contributed by atoms with E-state index in [4.69, 9.17) is 9.47 Å². The van der Waals surface area contributed by atoms with E-state index in [0.717, 1.165) is 63.7 Å². The molecule has 6 heteroatoms. The molecule has 3 aliphatic rings. The highest BCUT2D eigenvalue weighted by Gasteiger charge is 2.28. The van der Waals surface area contributed by atoms with Gasteiger partial charge in [-0.1, -0.05) is 13.0 Å². The Balaban J connectivity index is 1.29. The number of hydrogen-bond acceptors (Lipinski definition) is 4. The monoisotopic (exact) mass is 345 g/mol. The minimum absolute atomic E-state index is 0.231. The van der Waals surface area contributed by atoms with Crippen molar-refractivity contribution in [1.82, 2.24) is 14.7 Å². The Bertz CT molecular complexity index is 628. The first kappa shape index (κ1) is 16.5. The van der Waals surface area contributed by atoms with Gasteiger partial charge in [0.1, 0.15) is 0 Å². The maximum atomic E-state index is 12.7. The van der Waals surface area contributed by atoms with Gasteiger partial charge in [-0.25, -0.2) is 4.79 Å². The Labute approximate surface area is 149 Å². The van der Waals surface area contributed by atoms with E-state index in [1.165, 1.54) is 12.0 Å². The van der Waals surface area contributed by atoms with Gasteiger partial charge in [-0.05, 0) is 36.5 Å². The van der Waals surface area contributed by atoms with Crippen LogP contribution >= 0.6 is 0 Å². The van der Waals surface area contributed by atoms with Gasteiger partial charge in [0.25, 0.3) is 0 Å². The van der Waals surface area contributed by atoms with E-state index >= 15 is 0 Å². The molecule has 2 fully saturated rings. The molecule has 3 heterocycles. The number of carbonyl (C=O) groups excluding carboxylic acids is 1. The largest absolute Gasteiger partial charge is 0.454 e. The number of rotatable bonds is 2. The third kappa shape index (κ3) is 3.68. The molecule has 1 aromatic rings. The molecule has 0 saturated carbocycles. The Morgan fingerprint density at radius 3 is 2.68 bits per heavy atom. The summed E-state index contributed by atoms with van der Waals surface area (Å²) in [7, 11) is 0. The van der Waals surface area contributed by atoms with Gasteiger partial charge >= 0.3 is 6.03 Å². The zero-order valence-corrected chi connectivity index (χ0v) is 14.9. The summed E-state index contributed by atoms with van der Waals surface area (Å²) in [6, 6.07) is 6.37. The molecule has 2 amide bonds. The Kier molecular flexibility index (Phi) is 4.70. The molecule has 1 aromatic carbocycles. The second-order valence-corrected chi connectivity index (χ2v) is 7.43. The summed E-state index contributed by atoms with van der Waals surface area (Å²) in [5.41, 5.74) is 1.23. The average molecular weight is 345 g/mol. The van der Waals surface area contributed by atoms with E-state index in [2.05, 4.69) is 24.0 Å². The highest BCUT2D eigenvalue weighted by Crippen LogP contribution is 2.32. The Hall–Kier alpha value is -1.95. The molecule has 0 bridgehead atoms. The first-order valence-corrected chi connectivity index (χ1v) is 9.34. The van der Waals surface area contributed by atoms with Crippen LogP contribution in [0.4, 0.5) is 4.79 Å². The molecule has 0 aliphatic carbocycles. The van der Waals surface area contributed by atoms with Crippen LogP contribution in [0.1, 0.15) is 25.3 Å². The highest BCUT2D eigenvalue weighted by atomic mass is 16.7. The third-order valence-electron chi connectivity index (χ3n) is 5.41. The standard InChI is InChI=1S/C19H27N3O3/c1-15-3-2-6-22(12-15)19(23)21-9-7-20(8-10-21)13-16-4-5-17-18(11-16)25-14-24-17/h4-5,11,15H,2-3,6-10,12-14H2,1H3. The van der Waals surface area contributed by atoms with Crippen LogP contribution in [0.2, 0.25) is 0 Å². The molecule has 1 unspecified atom stereocenters. The summed E-state index contributed by atoms with van der Waals surface area (Å²) in [5.74, 6) is 2.30. The number of likely N-dealkylation sites (tertiary alicyclic amines) is 1. The van der Waals surface area contributed by atoms with E-state index in [0.29, 0.717) is 12.7 Å². The second-order valence-electron chi connectivity index (χ2n) is 7.43. The number of hydrogen-bond donors (Lipinski definition) is 0. The summed E-state index contributed by atoms with van der Waals surface area (Å²) in [6.45, 7) is 8.74. The average Bonchev–Trinajstić information content (AvgIpc) is 3.09. The van der Waals surface area contributed by atoms with Crippen molar-refractivity contribution >= 4 is 6.03 Å². The zero-order valence-electron chi connectivity index (χ0n) is 14.9. The maximum Gasteiger partial charge on any atom is 0.320 e. The van der Waals surface area contributed by atoms with Crippen LogP contribution in [-0.4, -0.2) is 66.8 Å². The second kappa shape index (κ2) is 7.12. The van der Waals surface area contributed by atoms with E-state index in [-0.39, 0.29) is 6.03 Å². The number of piperidine rings is 1. The molecule has 0 spiro atoms. The highest BCUT2D eigenvalue weighted by molar-refractivity contribution is 5.74. The van der Waals surface area contributed by atoms with E-state index in [1.807, 2.05) is 15.9 Å². The number of urea groups is 1. The van der Waals surface area contributed by atoms with Crippen LogP contribution in [0, 0.1) is 5.92 Å². The molecule has 0 aromatic heterocycles. The summed E-state index contributed by atoms with van der Waals surface area (Å²) in [4.78, 5) is 19.2. The van der Waals surface area contributed by atoms with Crippen LogP contribution in [0.25, 0.3) is 0 Å². The normalized spacial score (nSPS) is 23.8. The lowest BCUT2D eigenvalue weighted by Crippen LogP contribution is -2.54. The molecule has 0 radical (unpaired) electrons. The number of carbonyl (C=O) groups is 1. The lowest BCUT2D eigenvalue weighted by atomic mass is 10.0. The number of benzene rings is 1. The fraction of sp³-hybridized carbons (Fsp3) is 0.632. The molecular weight excluding hydrogens is 318 g/mol. The van der Waals surface area contributed by atoms with Crippen molar-refractivity contribution in [3.8, 4) is 11.5 Å². The summed E-state index contributed by atoms with van der Waals surface area (Å²) < 4.78 is 10.8. The predicted molar refractivity (Wildman–Crippen MR) is 94.8 cm³/mol. The van der Waals surface area contributed by atoms with Crippen molar-refractivity contribution in [3.05, 3.63) is 23.8 Å². The Morgan fingerprint density at radius 2 is 1.88 bits per heavy atom. The minimum Gasteiger partial charge on any atom is -0.454 e. The number of fused-ring (bicyclic) bond motifs is 1. The number of piperazine rings is 1. The van der Waals surface area contributed by atoms with Gasteiger partial charge in [0.05, 0.1) is 0 Å². The van der Waals surface area contributed by atoms with Gasteiger partial charge in [0, 0.05) is 45.8 Å². The van der Waals surface area contributed by atoms with Crippen molar-refractivity contribution < 1.29 is 14.3 Å². The van der Waals surface area contributed by atoms with E-state index in [9.17, 15) is 4.79 Å². The number of ether oxygens (including phenoxy) is 2. The Morgan fingerprint density at radius 1 is 1.08 bits per heavy atom. The third-order valence-corrected chi connectivity index (χ3v) is 5.41. The fourth-order valence-electron chi connectivity index (χ4n) is 3.96. The lowest BCUT2D eigenvalue weighted by molar-refractivity contribution is 0.0978. The molecule has 2 saturated heterocycles. The first-order chi connectivity index (χ1) is 12.2. The molecule has 4 rings (SSSR count). The van der Waals surface area contributed by atoms with E-state index < -0.39 is 0 Å². The lowest BCUT2D eigenvalue weighted by Gasteiger charge is -2.39. The van der Waals surface area contributed by atoms with Crippen LogP contribution in [-0.2, 0) is 6.54 Å². The van der Waals surface area contributed by atoms with Gasteiger partial charge in [-0.2, -0.15) is 0 Å². The predicted octanol–water partition coefficient (Wildman–Crippen LogP) is 2.38. The van der Waals surface area contributed by atoms with Crippen molar-refractivity contribution in [2.75, 3.05) is 46.1 Å². The zero-order chi connectivity index (χ0) is 17.2. The van der Waals surface area contributed by atoms with Crippen molar-refractivity contribution in [2.24, 2.45) is 5.92 Å². The molecule has 25 heavy (non-hydrogen) atoms. The summed E-state index contributed by atoms with van der Waals surface area (Å²) >= 11 is 0. The number of amides is 2. The van der Waals surface area contributed by atoms with Gasteiger partial charge < -0.3 is 19.3 Å². The molecule has 136 valence electrons. The fourth-order valence-corrected chi connectivity index (χ4v) is 3.96. The SMILES string of the molecule is CC1CCCN(C(=O)N2CCN(Cc3ccc4c(c3)OCO4)CC2)C1. The van der Waals surface area contributed by atoms with Crippen LogP contribution in [0.5, 0.6) is 11.5 Å². The summed E-state index contributed by atoms with van der Waals surface area (Å²) in [6.07, 6.45) is 2.38. The quantitative estimate of drug-likeness (QED) is 0.826. The van der Waals surface area contributed by atoms with Crippen molar-refractivity contribution in [2.45, 2.75) is 26.3 Å².